The van der Waals surface area contributed by atoms with Gasteiger partial charge in [0.05, 0.1) is 11.7 Å². The van der Waals surface area contributed by atoms with Gasteiger partial charge in [-0.2, -0.15) is 5.10 Å². The molecule has 0 aliphatic heterocycles. The molecule has 0 aliphatic carbocycles. The molecule has 0 amide bonds. The summed E-state index contributed by atoms with van der Waals surface area (Å²) in [7, 11) is 4.01. The Hall–Kier alpha value is -0.830. The summed E-state index contributed by atoms with van der Waals surface area (Å²) in [5.41, 5.74) is 1.17. The summed E-state index contributed by atoms with van der Waals surface area (Å²) in [6.45, 7) is 4.56. The molecule has 3 heteroatoms. The van der Waals surface area contributed by atoms with E-state index in [1.807, 2.05) is 25.0 Å². The van der Waals surface area contributed by atoms with Gasteiger partial charge in [-0.25, -0.2) is 0 Å². The second kappa shape index (κ2) is 7.49. The van der Waals surface area contributed by atoms with Gasteiger partial charge in [-0.3, -0.25) is 4.68 Å². The van der Waals surface area contributed by atoms with Gasteiger partial charge in [-0.1, -0.05) is 39.5 Å². The fourth-order valence-electron chi connectivity index (χ4n) is 2.32. The Labute approximate surface area is 106 Å². The third-order valence-corrected chi connectivity index (χ3v) is 3.55. The topological polar surface area (TPSA) is 29.9 Å². The standard InChI is InChI=1S/C14H27N3/c1-5-7-8-12(6-2)11-14(15-3)13-9-10-17(4)16-13/h9-10,12,14-15H,5-8,11H2,1-4H3. The monoisotopic (exact) mass is 237 g/mol. The molecule has 1 rings (SSSR count). The summed E-state index contributed by atoms with van der Waals surface area (Å²) in [5.74, 6) is 0.814. The van der Waals surface area contributed by atoms with Gasteiger partial charge in [0, 0.05) is 13.2 Å². The molecule has 0 saturated carbocycles. The maximum atomic E-state index is 4.50. The van der Waals surface area contributed by atoms with Crippen LogP contribution in [0.15, 0.2) is 12.3 Å². The van der Waals surface area contributed by atoms with Crippen molar-refractivity contribution in [1.29, 1.82) is 0 Å². The minimum atomic E-state index is 0.401. The Morgan fingerprint density at radius 2 is 2.18 bits per heavy atom. The molecule has 98 valence electrons. The highest BCUT2D eigenvalue weighted by Gasteiger charge is 2.17. The number of hydrogen-bond acceptors (Lipinski definition) is 2. The molecular weight excluding hydrogens is 210 g/mol. The predicted molar refractivity (Wildman–Crippen MR) is 72.9 cm³/mol. The highest BCUT2D eigenvalue weighted by molar-refractivity contribution is 5.05. The van der Waals surface area contributed by atoms with E-state index in [4.69, 9.17) is 0 Å². The Kier molecular flexibility index (Phi) is 6.27. The highest BCUT2D eigenvalue weighted by Crippen LogP contribution is 2.25. The first-order valence-corrected chi connectivity index (χ1v) is 6.88. The lowest BCUT2D eigenvalue weighted by atomic mass is 9.91. The molecule has 1 aromatic heterocycles. The molecule has 1 aromatic rings. The summed E-state index contributed by atoms with van der Waals surface area (Å²) < 4.78 is 1.88. The summed E-state index contributed by atoms with van der Waals surface area (Å²) in [4.78, 5) is 0. The second-order valence-corrected chi connectivity index (χ2v) is 4.91. The molecule has 1 N–H and O–H groups in total. The molecule has 2 atom stereocenters. The van der Waals surface area contributed by atoms with Gasteiger partial charge >= 0.3 is 0 Å². The Morgan fingerprint density at radius 1 is 1.41 bits per heavy atom. The van der Waals surface area contributed by atoms with E-state index in [0.29, 0.717) is 6.04 Å². The average molecular weight is 237 g/mol. The fraction of sp³-hybridized carbons (Fsp3) is 0.786. The van der Waals surface area contributed by atoms with Crippen molar-refractivity contribution in [3.05, 3.63) is 18.0 Å². The minimum absolute atomic E-state index is 0.401. The SMILES string of the molecule is CCCCC(CC)CC(NC)c1ccn(C)n1. The molecule has 1 heterocycles. The zero-order valence-corrected chi connectivity index (χ0v) is 11.7. The Bertz CT molecular complexity index is 306. The molecule has 0 aliphatic rings. The van der Waals surface area contributed by atoms with E-state index >= 15 is 0 Å². The van der Waals surface area contributed by atoms with Crippen molar-refractivity contribution in [2.45, 2.75) is 52.0 Å². The highest BCUT2D eigenvalue weighted by atomic mass is 15.3. The number of hydrogen-bond donors (Lipinski definition) is 1. The van der Waals surface area contributed by atoms with E-state index in [1.165, 1.54) is 37.8 Å². The largest absolute Gasteiger partial charge is 0.312 e. The molecule has 17 heavy (non-hydrogen) atoms. The smallest absolute Gasteiger partial charge is 0.0793 e. The molecule has 0 bridgehead atoms. The van der Waals surface area contributed by atoms with Crippen LogP contribution in [0.3, 0.4) is 0 Å². The molecule has 0 fully saturated rings. The summed E-state index contributed by atoms with van der Waals surface area (Å²) in [6.07, 6.45) is 8.47. The number of aromatic nitrogens is 2. The van der Waals surface area contributed by atoms with E-state index < -0.39 is 0 Å². The molecule has 2 unspecified atom stereocenters. The van der Waals surface area contributed by atoms with Gasteiger partial charge in [0.25, 0.3) is 0 Å². The van der Waals surface area contributed by atoms with Crippen LogP contribution in [-0.2, 0) is 7.05 Å². The van der Waals surface area contributed by atoms with Gasteiger partial charge in [-0.05, 0) is 25.5 Å². The predicted octanol–water partition coefficient (Wildman–Crippen LogP) is 3.29. The number of unbranched alkanes of at least 4 members (excludes halogenated alkanes) is 1. The van der Waals surface area contributed by atoms with Crippen LogP contribution in [0.5, 0.6) is 0 Å². The Morgan fingerprint density at radius 3 is 2.65 bits per heavy atom. The lowest BCUT2D eigenvalue weighted by Gasteiger charge is -2.21. The van der Waals surface area contributed by atoms with E-state index in [-0.39, 0.29) is 0 Å². The lowest BCUT2D eigenvalue weighted by Crippen LogP contribution is -2.20. The van der Waals surface area contributed by atoms with Crippen LogP contribution in [0, 0.1) is 5.92 Å². The van der Waals surface area contributed by atoms with Crippen molar-refractivity contribution in [1.82, 2.24) is 15.1 Å². The van der Waals surface area contributed by atoms with Crippen molar-refractivity contribution in [2.75, 3.05) is 7.05 Å². The molecule has 0 spiro atoms. The van der Waals surface area contributed by atoms with Crippen LogP contribution < -0.4 is 5.32 Å². The first-order chi connectivity index (χ1) is 8.21. The summed E-state index contributed by atoms with van der Waals surface area (Å²) in [5, 5.41) is 7.90. The minimum Gasteiger partial charge on any atom is -0.312 e. The van der Waals surface area contributed by atoms with Crippen molar-refractivity contribution in [2.24, 2.45) is 13.0 Å². The van der Waals surface area contributed by atoms with Crippen molar-refractivity contribution in [3.63, 3.8) is 0 Å². The number of nitrogens with one attached hydrogen (secondary N) is 1. The van der Waals surface area contributed by atoms with E-state index in [0.717, 1.165) is 5.92 Å². The number of aryl methyl sites for hydroxylation is 1. The molecule has 0 aromatic carbocycles. The van der Waals surface area contributed by atoms with Gasteiger partial charge < -0.3 is 5.32 Å². The molecule has 0 saturated heterocycles. The number of rotatable bonds is 8. The zero-order valence-electron chi connectivity index (χ0n) is 11.7. The van der Waals surface area contributed by atoms with Crippen LogP contribution in [0.4, 0.5) is 0 Å². The second-order valence-electron chi connectivity index (χ2n) is 4.91. The van der Waals surface area contributed by atoms with Gasteiger partial charge in [-0.15, -0.1) is 0 Å². The molecule has 0 radical (unpaired) electrons. The number of nitrogens with zero attached hydrogens (tertiary/aromatic N) is 2. The van der Waals surface area contributed by atoms with Crippen molar-refractivity contribution < 1.29 is 0 Å². The summed E-state index contributed by atoms with van der Waals surface area (Å²) >= 11 is 0. The van der Waals surface area contributed by atoms with Gasteiger partial charge in [0.1, 0.15) is 0 Å². The first kappa shape index (κ1) is 14.2. The maximum absolute atomic E-state index is 4.50. The van der Waals surface area contributed by atoms with Crippen LogP contribution >= 0.6 is 0 Å². The summed E-state index contributed by atoms with van der Waals surface area (Å²) in [6, 6.07) is 2.52. The quantitative estimate of drug-likeness (QED) is 0.752. The third-order valence-electron chi connectivity index (χ3n) is 3.55. The van der Waals surface area contributed by atoms with Crippen LogP contribution in [0.25, 0.3) is 0 Å². The third kappa shape index (κ3) is 4.50. The Balaban J connectivity index is 2.55. The normalized spacial score (nSPS) is 14.8. The van der Waals surface area contributed by atoms with E-state index in [1.54, 1.807) is 0 Å². The van der Waals surface area contributed by atoms with Gasteiger partial charge in [0.15, 0.2) is 0 Å². The lowest BCUT2D eigenvalue weighted by molar-refractivity contribution is 0.360. The maximum Gasteiger partial charge on any atom is 0.0793 e. The van der Waals surface area contributed by atoms with Crippen molar-refractivity contribution in [3.8, 4) is 0 Å². The molecular formula is C14H27N3. The van der Waals surface area contributed by atoms with Crippen LogP contribution in [0.1, 0.15) is 57.7 Å². The van der Waals surface area contributed by atoms with Crippen LogP contribution in [-0.4, -0.2) is 16.8 Å². The first-order valence-electron chi connectivity index (χ1n) is 6.88. The fourth-order valence-corrected chi connectivity index (χ4v) is 2.32. The van der Waals surface area contributed by atoms with E-state index in [2.05, 4.69) is 30.3 Å². The van der Waals surface area contributed by atoms with Gasteiger partial charge in [0.2, 0.25) is 0 Å². The zero-order chi connectivity index (χ0) is 12.7. The average Bonchev–Trinajstić information content (AvgIpc) is 2.76. The molecule has 3 nitrogen and oxygen atoms in total. The van der Waals surface area contributed by atoms with Crippen LogP contribution in [0.2, 0.25) is 0 Å². The van der Waals surface area contributed by atoms with Crippen molar-refractivity contribution >= 4 is 0 Å². The van der Waals surface area contributed by atoms with E-state index in [9.17, 15) is 0 Å².